The van der Waals surface area contributed by atoms with Gasteiger partial charge in [-0.2, -0.15) is 0 Å². The average Bonchev–Trinajstić information content (AvgIpc) is 1.68. The second kappa shape index (κ2) is 3.98. The van der Waals surface area contributed by atoms with Crippen molar-refractivity contribution in [2.24, 2.45) is 0 Å². The van der Waals surface area contributed by atoms with Gasteiger partial charge in [-0.25, -0.2) is 0 Å². The van der Waals surface area contributed by atoms with Crippen LogP contribution in [0.15, 0.2) is 0 Å². The third-order valence-electron chi connectivity index (χ3n) is 0.480. The van der Waals surface area contributed by atoms with Crippen LogP contribution < -0.4 is 4.27 Å². The second-order valence-electron chi connectivity index (χ2n) is 0.970. The number of carbonyl (C=O) groups is 1. The van der Waals surface area contributed by atoms with E-state index in [2.05, 4.69) is 9.01 Å². The molecule has 0 aliphatic rings. The van der Waals surface area contributed by atoms with Crippen LogP contribution in [0.4, 0.5) is 4.79 Å². The molecular weight excluding hydrogens is 155 g/mol. The first-order valence-electron chi connectivity index (χ1n) is 2.15. The Balaban J connectivity index is 3.00. The quantitative estimate of drug-likeness (QED) is 0.505. The van der Waals surface area contributed by atoms with Gasteiger partial charge in [0.25, 0.3) is 0 Å². The fourth-order valence-corrected chi connectivity index (χ4v) is 0.506. The van der Waals surface area contributed by atoms with Crippen molar-refractivity contribution in [3.8, 4) is 0 Å². The van der Waals surface area contributed by atoms with E-state index in [4.69, 9.17) is 0 Å². The number of nitrogens with one attached hydrogen (secondary N) is 1. The Labute approximate surface area is 50.9 Å². The topological polar surface area (TPSA) is 38.3 Å². The predicted octanol–water partition coefficient (Wildman–Crippen LogP) is -0.987. The first-order chi connectivity index (χ1) is 3.31. The molecule has 0 aromatic heterocycles. The molecule has 0 bridgehead atoms. The third kappa shape index (κ3) is 3.65. The van der Waals surface area contributed by atoms with Crippen molar-refractivity contribution < 1.29 is 9.53 Å². The summed E-state index contributed by atoms with van der Waals surface area (Å²) in [4.78, 5) is 10.1. The van der Waals surface area contributed by atoms with E-state index in [0.29, 0.717) is 23.3 Å². The fourth-order valence-electron chi connectivity index (χ4n) is 0.203. The monoisotopic (exact) mass is 165 g/mol. The van der Waals surface area contributed by atoms with Crippen LogP contribution in [0.5, 0.6) is 0 Å². The molecule has 0 rings (SSSR count). The molecule has 0 fully saturated rings. The second-order valence-corrected chi connectivity index (χ2v) is 2.02. The molecule has 0 aliphatic heterocycles. The molecule has 0 unspecified atom stereocenters. The van der Waals surface area contributed by atoms with Crippen molar-refractivity contribution in [1.29, 1.82) is 0 Å². The maximum absolute atomic E-state index is 10.1. The minimum atomic E-state index is -0.289. The van der Waals surface area contributed by atoms with Gasteiger partial charge in [-0.15, -0.1) is 0 Å². The molecule has 0 saturated carbocycles. The zero-order valence-corrected chi connectivity index (χ0v) is 8.72. The maximum atomic E-state index is 10.1. The van der Waals surface area contributed by atoms with E-state index in [1.54, 1.807) is 6.92 Å². The summed E-state index contributed by atoms with van der Waals surface area (Å²) in [5, 5.41) is 0. The molecule has 0 atom stereocenters. The summed E-state index contributed by atoms with van der Waals surface area (Å²) in [5.41, 5.74) is 0. The Morgan fingerprint density at radius 1 is 2.00 bits per heavy atom. The average molecular weight is 164 g/mol. The van der Waals surface area contributed by atoms with Gasteiger partial charge in [0.2, 0.25) is 0 Å². The summed E-state index contributed by atoms with van der Waals surface area (Å²) < 4.78 is 6.98. The van der Waals surface area contributed by atoms with Crippen LogP contribution in [0.2, 0.25) is 0 Å². The molecule has 7 heavy (non-hydrogen) atoms. The molecule has 0 aromatic carbocycles. The molecule has 1 N–H and O–H groups in total. The molecule has 0 aliphatic carbocycles. The number of carbonyl (C=O) groups excluding carboxylic acids is 1. The molecule has 3 nitrogen and oxygen atoms in total. The van der Waals surface area contributed by atoms with Crippen molar-refractivity contribution in [3.63, 3.8) is 0 Å². The number of rotatable bonds is 1. The van der Waals surface area contributed by atoms with Gasteiger partial charge in [-0.3, -0.25) is 0 Å². The van der Waals surface area contributed by atoms with Gasteiger partial charge in [0.15, 0.2) is 0 Å². The van der Waals surface area contributed by atoms with E-state index in [9.17, 15) is 4.79 Å². The van der Waals surface area contributed by atoms with Gasteiger partial charge in [-0.05, 0) is 0 Å². The van der Waals surface area contributed by atoms with Gasteiger partial charge in [0.1, 0.15) is 0 Å². The van der Waals surface area contributed by atoms with E-state index in [0.717, 1.165) is 0 Å². The van der Waals surface area contributed by atoms with Crippen LogP contribution in [-0.2, 0) is 4.74 Å². The summed E-state index contributed by atoms with van der Waals surface area (Å²) in [6, 6.07) is 0. The Hall–Kier alpha value is -0.187. The van der Waals surface area contributed by atoms with E-state index in [1.807, 2.05) is 0 Å². The van der Waals surface area contributed by atoms with Gasteiger partial charge in [0, 0.05) is 0 Å². The van der Waals surface area contributed by atoms with Gasteiger partial charge >= 0.3 is 50.2 Å². The molecular formula is C3H9GeNO2. The van der Waals surface area contributed by atoms with Gasteiger partial charge in [0.05, 0.1) is 0 Å². The van der Waals surface area contributed by atoms with Crippen molar-refractivity contribution in [2.45, 2.75) is 6.92 Å². The molecule has 0 aromatic rings. The van der Waals surface area contributed by atoms with Crippen LogP contribution in [0.25, 0.3) is 0 Å². The Morgan fingerprint density at radius 3 is 2.71 bits per heavy atom. The molecule has 42 valence electrons. The number of hydrogen-bond acceptors (Lipinski definition) is 2. The summed E-state index contributed by atoms with van der Waals surface area (Å²) in [6.07, 6.45) is -0.289. The minimum absolute atomic E-state index is 0.289. The van der Waals surface area contributed by atoms with Crippen LogP contribution in [0, 0.1) is 0 Å². The molecule has 4 heteroatoms. The first-order valence-corrected chi connectivity index (χ1v) is 4.25. The fraction of sp³-hybridized carbons (Fsp3) is 0.667. The van der Waals surface area contributed by atoms with Gasteiger partial charge in [-0.1, -0.05) is 0 Å². The standard InChI is InChI=1S/C3H9GeNO2/c1-2-7-3(6)5-4/h2H2,1,4H3,(H,5,6). The van der Waals surface area contributed by atoms with Crippen LogP contribution >= 0.6 is 0 Å². The van der Waals surface area contributed by atoms with Crippen molar-refractivity contribution in [2.75, 3.05) is 6.61 Å². The molecule has 0 heterocycles. The molecule has 0 spiro atoms. The Kier molecular flexibility index (Phi) is 3.88. The Bertz CT molecular complexity index is 66.0. The van der Waals surface area contributed by atoms with Crippen molar-refractivity contribution in [1.82, 2.24) is 4.27 Å². The number of amides is 1. The van der Waals surface area contributed by atoms with Crippen LogP contribution in [-0.4, -0.2) is 29.4 Å². The van der Waals surface area contributed by atoms with Gasteiger partial charge < -0.3 is 0 Å². The van der Waals surface area contributed by atoms with E-state index in [-0.39, 0.29) is 6.09 Å². The first kappa shape index (κ1) is 6.81. The summed E-state index contributed by atoms with van der Waals surface area (Å²) >= 11 is 0.360. The molecule has 0 saturated heterocycles. The van der Waals surface area contributed by atoms with Crippen LogP contribution in [0.1, 0.15) is 6.92 Å². The summed E-state index contributed by atoms with van der Waals surface area (Å²) in [7, 11) is 0. The number of ether oxygens (including phenoxy) is 1. The van der Waals surface area contributed by atoms with E-state index >= 15 is 0 Å². The third-order valence-corrected chi connectivity index (χ3v) is 1.34. The van der Waals surface area contributed by atoms with Crippen molar-refractivity contribution in [3.05, 3.63) is 0 Å². The molecule has 0 radical (unpaired) electrons. The Morgan fingerprint density at radius 2 is 2.57 bits per heavy atom. The predicted molar refractivity (Wildman–Crippen MR) is 30.1 cm³/mol. The normalized spacial score (nSPS) is 8.14. The molecule has 1 amide bonds. The van der Waals surface area contributed by atoms with E-state index in [1.165, 1.54) is 0 Å². The van der Waals surface area contributed by atoms with Crippen molar-refractivity contribution >= 4 is 22.8 Å². The van der Waals surface area contributed by atoms with E-state index < -0.39 is 0 Å². The zero-order chi connectivity index (χ0) is 5.70. The summed E-state index contributed by atoms with van der Waals surface area (Å²) in [5.74, 6) is 0. The number of hydrogen-bond donors (Lipinski definition) is 1. The van der Waals surface area contributed by atoms with Crippen LogP contribution in [0.3, 0.4) is 0 Å². The SMILES string of the molecule is CCOC(=O)[NH][GeH3]. The zero-order valence-electron chi connectivity index (χ0n) is 4.52. The summed E-state index contributed by atoms with van der Waals surface area (Å²) in [6.45, 7) is 2.24.